The van der Waals surface area contributed by atoms with Gasteiger partial charge in [-0.15, -0.1) is 0 Å². The van der Waals surface area contributed by atoms with E-state index in [0.717, 1.165) is 11.3 Å². The van der Waals surface area contributed by atoms with E-state index in [4.69, 9.17) is 21.8 Å². The van der Waals surface area contributed by atoms with Gasteiger partial charge in [-0.3, -0.25) is 4.98 Å². The third kappa shape index (κ3) is 2.23. The van der Waals surface area contributed by atoms with E-state index in [1.165, 1.54) is 0 Å². The molecular weight excluding hydrogens is 278 g/mol. The highest BCUT2D eigenvalue weighted by Crippen LogP contribution is 2.29. The molecular formula is C14H12ClN3O2. The van der Waals surface area contributed by atoms with Gasteiger partial charge in [0, 0.05) is 16.8 Å². The number of fused-ring (bicyclic) bond motifs is 1. The minimum absolute atomic E-state index is 0.431. The maximum absolute atomic E-state index is 11.2. The summed E-state index contributed by atoms with van der Waals surface area (Å²) in [4.78, 5) is 13.7. The molecule has 0 radical (unpaired) electrons. The zero-order valence-corrected chi connectivity index (χ0v) is 11.4. The molecule has 1 heterocycles. The summed E-state index contributed by atoms with van der Waals surface area (Å²) in [5, 5.41) is 3.84. The number of halogens is 1. The minimum atomic E-state index is -0.505. The molecule has 0 bridgehead atoms. The quantitative estimate of drug-likeness (QED) is 0.631. The average Bonchev–Trinajstić information content (AvgIpc) is 2.73. The molecule has 3 aromatic rings. The lowest BCUT2D eigenvalue weighted by molar-refractivity contribution is 0.555. The average molecular weight is 290 g/mol. The number of aromatic amines is 1. The maximum Gasteiger partial charge on any atom is 0.417 e. The molecule has 2 aromatic carbocycles. The largest absolute Gasteiger partial charge is 0.417 e. The molecule has 0 saturated heterocycles. The van der Waals surface area contributed by atoms with Gasteiger partial charge in [-0.2, -0.15) is 0 Å². The van der Waals surface area contributed by atoms with Crippen molar-refractivity contribution in [1.29, 1.82) is 0 Å². The van der Waals surface area contributed by atoms with Gasteiger partial charge < -0.3 is 15.5 Å². The molecule has 0 aliphatic heterocycles. The van der Waals surface area contributed by atoms with Crippen molar-refractivity contribution >= 4 is 39.8 Å². The van der Waals surface area contributed by atoms with Crippen LogP contribution in [0.15, 0.2) is 39.5 Å². The fourth-order valence-corrected chi connectivity index (χ4v) is 2.13. The molecule has 0 amide bonds. The Morgan fingerprint density at radius 3 is 2.85 bits per heavy atom. The predicted molar refractivity (Wildman–Crippen MR) is 80.7 cm³/mol. The van der Waals surface area contributed by atoms with E-state index in [9.17, 15) is 4.79 Å². The van der Waals surface area contributed by atoms with Gasteiger partial charge in [-0.05, 0) is 30.7 Å². The number of oxazole rings is 1. The van der Waals surface area contributed by atoms with Crippen molar-refractivity contribution in [2.45, 2.75) is 6.92 Å². The number of aryl methyl sites for hydroxylation is 1. The fraction of sp³-hybridized carbons (Fsp3) is 0.0714. The second kappa shape index (κ2) is 4.61. The highest BCUT2D eigenvalue weighted by atomic mass is 35.5. The molecule has 0 unspecified atom stereocenters. The number of anilines is 3. The first-order chi connectivity index (χ1) is 9.52. The van der Waals surface area contributed by atoms with E-state index in [0.29, 0.717) is 27.5 Å². The SMILES string of the molecule is Cc1ccc(Nc2cc3[nH]c(=O)oc3cc2N)cc1Cl. The Hall–Kier alpha value is -2.40. The molecule has 6 heteroatoms. The number of nitrogens with two attached hydrogens (primary N) is 1. The van der Waals surface area contributed by atoms with Gasteiger partial charge in [-0.1, -0.05) is 17.7 Å². The summed E-state index contributed by atoms with van der Waals surface area (Å²) in [7, 11) is 0. The molecule has 0 aliphatic carbocycles. The zero-order chi connectivity index (χ0) is 14.3. The lowest BCUT2D eigenvalue weighted by Gasteiger charge is -2.10. The summed E-state index contributed by atoms with van der Waals surface area (Å²) in [5.74, 6) is -0.505. The molecule has 20 heavy (non-hydrogen) atoms. The Morgan fingerprint density at radius 1 is 1.30 bits per heavy atom. The standard InChI is InChI=1S/C14H12ClN3O2/c1-7-2-3-8(4-9(7)15)17-11-6-12-13(5-10(11)16)20-14(19)18-12/h2-6,17H,16H2,1H3,(H,18,19). The minimum Gasteiger partial charge on any atom is -0.408 e. The van der Waals surface area contributed by atoms with E-state index < -0.39 is 5.76 Å². The molecule has 0 fully saturated rings. The number of rotatable bonds is 2. The molecule has 0 aliphatic rings. The van der Waals surface area contributed by atoms with Crippen molar-refractivity contribution in [1.82, 2.24) is 4.98 Å². The van der Waals surface area contributed by atoms with Crippen molar-refractivity contribution in [2.75, 3.05) is 11.1 Å². The molecule has 5 nitrogen and oxygen atoms in total. The molecule has 3 rings (SSSR count). The molecule has 0 atom stereocenters. The van der Waals surface area contributed by atoms with E-state index in [1.807, 2.05) is 25.1 Å². The maximum atomic E-state index is 11.2. The number of benzene rings is 2. The number of nitrogen functional groups attached to an aromatic ring is 1. The second-order valence-corrected chi connectivity index (χ2v) is 4.95. The first kappa shape index (κ1) is 12.6. The summed E-state index contributed by atoms with van der Waals surface area (Å²) in [5.41, 5.74) is 9.93. The van der Waals surface area contributed by atoms with Crippen LogP contribution in [0, 0.1) is 6.92 Å². The summed E-state index contributed by atoms with van der Waals surface area (Å²) in [6.07, 6.45) is 0. The number of hydrogen-bond acceptors (Lipinski definition) is 4. The van der Waals surface area contributed by atoms with Crippen LogP contribution in [0.3, 0.4) is 0 Å². The smallest absolute Gasteiger partial charge is 0.408 e. The van der Waals surface area contributed by atoms with Gasteiger partial charge in [0.05, 0.1) is 16.9 Å². The number of H-pyrrole nitrogens is 1. The van der Waals surface area contributed by atoms with Crippen LogP contribution in [0.5, 0.6) is 0 Å². The highest BCUT2D eigenvalue weighted by molar-refractivity contribution is 6.31. The van der Waals surface area contributed by atoms with E-state index >= 15 is 0 Å². The highest BCUT2D eigenvalue weighted by Gasteiger charge is 2.07. The third-order valence-corrected chi connectivity index (χ3v) is 3.45. The Labute approximate surface area is 119 Å². The fourth-order valence-electron chi connectivity index (χ4n) is 1.95. The predicted octanol–water partition coefficient (Wildman–Crippen LogP) is 3.41. The van der Waals surface area contributed by atoms with Gasteiger partial charge in [0.15, 0.2) is 5.58 Å². The molecule has 0 saturated carbocycles. The summed E-state index contributed by atoms with van der Waals surface area (Å²) >= 11 is 6.08. The first-order valence-electron chi connectivity index (χ1n) is 5.98. The Morgan fingerprint density at radius 2 is 2.10 bits per heavy atom. The van der Waals surface area contributed by atoms with Gasteiger partial charge in [-0.25, -0.2) is 4.79 Å². The zero-order valence-electron chi connectivity index (χ0n) is 10.7. The van der Waals surface area contributed by atoms with Crippen LogP contribution in [0.1, 0.15) is 5.56 Å². The molecule has 102 valence electrons. The van der Waals surface area contributed by atoms with Crippen molar-refractivity contribution in [3.8, 4) is 0 Å². The van der Waals surface area contributed by atoms with Crippen LogP contribution in [-0.4, -0.2) is 4.98 Å². The van der Waals surface area contributed by atoms with Crippen LogP contribution in [0.4, 0.5) is 17.1 Å². The second-order valence-electron chi connectivity index (χ2n) is 4.54. The number of nitrogens with one attached hydrogen (secondary N) is 2. The van der Waals surface area contributed by atoms with E-state index in [-0.39, 0.29) is 0 Å². The summed E-state index contributed by atoms with van der Waals surface area (Å²) < 4.78 is 4.95. The first-order valence-corrected chi connectivity index (χ1v) is 6.36. The monoisotopic (exact) mass is 289 g/mol. The van der Waals surface area contributed by atoms with E-state index in [2.05, 4.69) is 10.3 Å². The van der Waals surface area contributed by atoms with Crippen LogP contribution < -0.4 is 16.8 Å². The van der Waals surface area contributed by atoms with Crippen molar-refractivity contribution in [3.05, 3.63) is 51.5 Å². The summed E-state index contributed by atoms with van der Waals surface area (Å²) in [6.45, 7) is 1.93. The molecule has 4 N–H and O–H groups in total. The lowest BCUT2D eigenvalue weighted by atomic mass is 10.2. The normalized spacial score (nSPS) is 10.9. The topological polar surface area (TPSA) is 84.0 Å². The lowest BCUT2D eigenvalue weighted by Crippen LogP contribution is -1.97. The third-order valence-electron chi connectivity index (χ3n) is 3.04. The van der Waals surface area contributed by atoms with Gasteiger partial charge in [0.25, 0.3) is 0 Å². The number of aromatic nitrogens is 1. The van der Waals surface area contributed by atoms with Crippen molar-refractivity contribution < 1.29 is 4.42 Å². The van der Waals surface area contributed by atoms with Gasteiger partial charge in [0.1, 0.15) is 0 Å². The van der Waals surface area contributed by atoms with Gasteiger partial charge in [0.2, 0.25) is 0 Å². The van der Waals surface area contributed by atoms with Crippen molar-refractivity contribution in [2.24, 2.45) is 0 Å². The van der Waals surface area contributed by atoms with Crippen LogP contribution in [-0.2, 0) is 0 Å². The van der Waals surface area contributed by atoms with Gasteiger partial charge >= 0.3 is 5.76 Å². The number of hydrogen-bond donors (Lipinski definition) is 3. The van der Waals surface area contributed by atoms with Crippen LogP contribution in [0.25, 0.3) is 11.1 Å². The van der Waals surface area contributed by atoms with Crippen molar-refractivity contribution in [3.63, 3.8) is 0 Å². The Kier molecular flexibility index (Phi) is 2.91. The van der Waals surface area contributed by atoms with Crippen LogP contribution >= 0.6 is 11.6 Å². The Bertz CT molecular complexity index is 851. The Balaban J connectivity index is 2.02. The molecule has 1 aromatic heterocycles. The molecule has 0 spiro atoms. The van der Waals surface area contributed by atoms with Crippen LogP contribution in [0.2, 0.25) is 5.02 Å². The summed E-state index contributed by atoms with van der Waals surface area (Å²) in [6, 6.07) is 8.97. The van der Waals surface area contributed by atoms with E-state index in [1.54, 1.807) is 12.1 Å².